The summed E-state index contributed by atoms with van der Waals surface area (Å²) in [6.07, 6.45) is 0.988. The first kappa shape index (κ1) is 15.6. The maximum atomic E-state index is 11.6. The maximum Gasteiger partial charge on any atom is 0.313 e. The lowest BCUT2D eigenvalue weighted by molar-refractivity contribution is -0.133. The van der Waals surface area contributed by atoms with Crippen molar-refractivity contribution < 1.29 is 19.2 Å². The Bertz CT molecular complexity index is 425. The second-order valence-corrected chi connectivity index (χ2v) is 5.20. The summed E-state index contributed by atoms with van der Waals surface area (Å²) >= 11 is 1.28. The van der Waals surface area contributed by atoms with Gasteiger partial charge in [0.25, 0.3) is 0 Å². The Morgan fingerprint density at radius 1 is 1.42 bits per heavy atom. The van der Waals surface area contributed by atoms with E-state index < -0.39 is 5.97 Å². The van der Waals surface area contributed by atoms with Crippen LogP contribution in [-0.2, 0) is 16.0 Å². The van der Waals surface area contributed by atoms with Gasteiger partial charge >= 0.3 is 5.97 Å². The van der Waals surface area contributed by atoms with Gasteiger partial charge in [-0.1, -0.05) is 5.16 Å². The molecule has 0 aliphatic rings. The summed E-state index contributed by atoms with van der Waals surface area (Å²) in [4.78, 5) is 21.8. The van der Waals surface area contributed by atoms with Crippen LogP contribution in [0.5, 0.6) is 0 Å². The molecule has 0 saturated carbocycles. The third kappa shape index (κ3) is 5.78. The number of aliphatic carboxylic acids is 1. The highest BCUT2D eigenvalue weighted by atomic mass is 32.2. The first-order valence-electron chi connectivity index (χ1n) is 5.98. The molecule has 1 aromatic rings. The van der Waals surface area contributed by atoms with E-state index in [9.17, 15) is 9.59 Å². The summed E-state index contributed by atoms with van der Waals surface area (Å²) < 4.78 is 5.02. The lowest BCUT2D eigenvalue weighted by Gasteiger charge is -2.04. The molecule has 1 heterocycles. The van der Waals surface area contributed by atoms with Crippen LogP contribution in [0.1, 0.15) is 23.4 Å². The number of carbonyl (C=O) groups is 2. The van der Waals surface area contributed by atoms with E-state index in [0.717, 1.165) is 17.0 Å². The molecule has 0 spiro atoms. The second kappa shape index (κ2) is 7.83. The van der Waals surface area contributed by atoms with E-state index in [2.05, 4.69) is 10.5 Å². The predicted octanol–water partition coefficient (Wildman–Crippen LogP) is 1.16. The van der Waals surface area contributed by atoms with Crippen molar-refractivity contribution >= 4 is 23.6 Å². The smallest absolute Gasteiger partial charge is 0.313 e. The van der Waals surface area contributed by atoms with Gasteiger partial charge in [0.2, 0.25) is 5.91 Å². The van der Waals surface area contributed by atoms with Crippen molar-refractivity contribution in [1.29, 1.82) is 0 Å². The molecule has 0 unspecified atom stereocenters. The Labute approximate surface area is 115 Å². The number of aromatic nitrogens is 1. The molecule has 1 amide bonds. The molecule has 0 atom stereocenters. The molecule has 1 rings (SSSR count). The van der Waals surface area contributed by atoms with Crippen LogP contribution in [0.25, 0.3) is 0 Å². The van der Waals surface area contributed by atoms with E-state index in [1.54, 1.807) is 0 Å². The zero-order valence-corrected chi connectivity index (χ0v) is 11.9. The van der Waals surface area contributed by atoms with E-state index in [4.69, 9.17) is 9.63 Å². The highest BCUT2D eigenvalue weighted by Crippen LogP contribution is 2.14. The summed E-state index contributed by atoms with van der Waals surface area (Å²) in [6, 6.07) is 0. The normalized spacial score (nSPS) is 10.4. The lowest BCUT2D eigenvalue weighted by Crippen LogP contribution is -2.26. The standard InChI is InChI=1S/C12H18N2O4S/c1-8-10(9(2)18-14-8)3-4-11(15)13-5-6-19-7-12(16)17/h3-7H2,1-2H3,(H,13,15)(H,16,17). The fourth-order valence-corrected chi connectivity index (χ4v) is 2.17. The number of rotatable bonds is 8. The van der Waals surface area contributed by atoms with Crippen LogP contribution in [0.4, 0.5) is 0 Å². The first-order chi connectivity index (χ1) is 9.00. The monoisotopic (exact) mass is 286 g/mol. The van der Waals surface area contributed by atoms with Crippen LogP contribution in [-0.4, -0.2) is 40.2 Å². The summed E-state index contributed by atoms with van der Waals surface area (Å²) in [5.41, 5.74) is 1.80. The summed E-state index contributed by atoms with van der Waals surface area (Å²) in [7, 11) is 0. The Balaban J connectivity index is 2.16. The molecule has 7 heteroatoms. The highest BCUT2D eigenvalue weighted by Gasteiger charge is 2.10. The minimum absolute atomic E-state index is 0.0454. The Hall–Kier alpha value is -1.50. The van der Waals surface area contributed by atoms with Crippen LogP contribution in [0.3, 0.4) is 0 Å². The number of amides is 1. The molecular formula is C12H18N2O4S. The van der Waals surface area contributed by atoms with Gasteiger partial charge in [0.1, 0.15) is 5.76 Å². The Kier molecular flexibility index (Phi) is 6.41. The number of nitrogens with zero attached hydrogens (tertiary/aromatic N) is 1. The van der Waals surface area contributed by atoms with Crippen LogP contribution in [0.2, 0.25) is 0 Å². The number of hydrogen-bond acceptors (Lipinski definition) is 5. The van der Waals surface area contributed by atoms with E-state index >= 15 is 0 Å². The zero-order valence-electron chi connectivity index (χ0n) is 11.1. The largest absolute Gasteiger partial charge is 0.481 e. The fourth-order valence-electron chi connectivity index (χ4n) is 1.61. The number of thioether (sulfide) groups is 1. The fraction of sp³-hybridized carbons (Fsp3) is 0.583. The highest BCUT2D eigenvalue weighted by molar-refractivity contribution is 7.99. The number of carboxylic acid groups (broad SMARTS) is 1. The molecule has 0 saturated heterocycles. The molecule has 106 valence electrons. The topological polar surface area (TPSA) is 92.4 Å². The first-order valence-corrected chi connectivity index (χ1v) is 7.14. The molecule has 0 aliphatic carbocycles. The van der Waals surface area contributed by atoms with E-state index in [1.807, 2.05) is 13.8 Å². The molecule has 6 nitrogen and oxygen atoms in total. The van der Waals surface area contributed by atoms with Crippen molar-refractivity contribution in [2.75, 3.05) is 18.1 Å². The van der Waals surface area contributed by atoms with Crippen molar-refractivity contribution in [2.45, 2.75) is 26.7 Å². The average Bonchev–Trinajstić information content (AvgIpc) is 2.66. The molecule has 0 aromatic carbocycles. The molecule has 19 heavy (non-hydrogen) atoms. The van der Waals surface area contributed by atoms with Crippen molar-refractivity contribution in [3.8, 4) is 0 Å². The van der Waals surface area contributed by atoms with Gasteiger partial charge in [-0.3, -0.25) is 9.59 Å². The summed E-state index contributed by atoms with van der Waals surface area (Å²) in [5, 5.41) is 15.0. The minimum atomic E-state index is -0.838. The SMILES string of the molecule is Cc1noc(C)c1CCC(=O)NCCSCC(=O)O. The number of hydrogen-bond donors (Lipinski definition) is 2. The third-order valence-electron chi connectivity index (χ3n) is 2.58. The van der Waals surface area contributed by atoms with Crippen molar-refractivity contribution in [2.24, 2.45) is 0 Å². The van der Waals surface area contributed by atoms with Gasteiger partial charge in [-0.05, 0) is 20.3 Å². The second-order valence-electron chi connectivity index (χ2n) is 4.10. The van der Waals surface area contributed by atoms with Gasteiger partial charge in [0.15, 0.2) is 0 Å². The molecular weight excluding hydrogens is 268 g/mol. The lowest BCUT2D eigenvalue weighted by atomic mass is 10.1. The van der Waals surface area contributed by atoms with Crippen LogP contribution in [0, 0.1) is 13.8 Å². The van der Waals surface area contributed by atoms with Crippen molar-refractivity contribution in [3.63, 3.8) is 0 Å². The molecule has 1 aromatic heterocycles. The van der Waals surface area contributed by atoms with Crippen LogP contribution >= 0.6 is 11.8 Å². The molecule has 0 fully saturated rings. The number of aryl methyl sites for hydroxylation is 2. The Morgan fingerprint density at radius 3 is 2.74 bits per heavy atom. The molecule has 0 radical (unpaired) electrons. The summed E-state index contributed by atoms with van der Waals surface area (Å²) in [5.74, 6) is 0.533. The quantitative estimate of drug-likeness (QED) is 0.697. The molecule has 2 N–H and O–H groups in total. The average molecular weight is 286 g/mol. The van der Waals surface area contributed by atoms with Gasteiger partial charge in [0.05, 0.1) is 11.4 Å². The van der Waals surface area contributed by atoms with Crippen molar-refractivity contribution in [3.05, 3.63) is 17.0 Å². The molecule has 0 bridgehead atoms. The van der Waals surface area contributed by atoms with Gasteiger partial charge in [-0.25, -0.2) is 0 Å². The summed E-state index contributed by atoms with van der Waals surface area (Å²) in [6.45, 7) is 4.17. The van der Waals surface area contributed by atoms with E-state index in [1.165, 1.54) is 11.8 Å². The maximum absolute atomic E-state index is 11.6. The number of nitrogens with one attached hydrogen (secondary N) is 1. The van der Waals surface area contributed by atoms with Gasteiger partial charge in [-0.15, -0.1) is 11.8 Å². The van der Waals surface area contributed by atoms with E-state index in [-0.39, 0.29) is 11.7 Å². The van der Waals surface area contributed by atoms with Crippen molar-refractivity contribution in [1.82, 2.24) is 10.5 Å². The number of carbonyl (C=O) groups excluding carboxylic acids is 1. The van der Waals surface area contributed by atoms with Gasteiger partial charge < -0.3 is 14.9 Å². The number of carboxylic acids is 1. The van der Waals surface area contributed by atoms with Crippen LogP contribution in [0.15, 0.2) is 4.52 Å². The predicted molar refractivity (Wildman–Crippen MR) is 72.3 cm³/mol. The minimum Gasteiger partial charge on any atom is -0.481 e. The van der Waals surface area contributed by atoms with E-state index in [0.29, 0.717) is 25.1 Å². The van der Waals surface area contributed by atoms with Gasteiger partial charge in [0, 0.05) is 24.3 Å². The van der Waals surface area contributed by atoms with Crippen LogP contribution < -0.4 is 5.32 Å². The van der Waals surface area contributed by atoms with Gasteiger partial charge in [-0.2, -0.15) is 0 Å². The third-order valence-corrected chi connectivity index (χ3v) is 3.52. The Morgan fingerprint density at radius 2 is 2.16 bits per heavy atom. The molecule has 0 aliphatic heterocycles. The zero-order chi connectivity index (χ0) is 14.3.